The van der Waals surface area contributed by atoms with Gasteiger partial charge in [-0.3, -0.25) is 0 Å². The lowest BCUT2D eigenvalue weighted by molar-refractivity contribution is -0.111. The summed E-state index contributed by atoms with van der Waals surface area (Å²) in [4.78, 5) is 22.7. The van der Waals surface area contributed by atoms with E-state index in [4.69, 9.17) is 47.4 Å². The number of hydrogen-bond donors (Lipinski definition) is 0. The summed E-state index contributed by atoms with van der Waals surface area (Å²) in [6, 6.07) is 6.66. The topological polar surface area (TPSA) is 107 Å². The number of nitriles is 1. The molecule has 34 heavy (non-hydrogen) atoms. The van der Waals surface area contributed by atoms with Crippen LogP contribution in [0.2, 0.25) is 10.0 Å². The van der Waals surface area contributed by atoms with Crippen molar-refractivity contribution in [2.24, 2.45) is 11.8 Å². The number of carbonyl (C=O) groups is 1. The fourth-order valence-corrected chi connectivity index (χ4v) is 4.57. The molecule has 0 radical (unpaired) electrons. The molecule has 1 aromatic heterocycles. The third kappa shape index (κ3) is 4.71. The quantitative estimate of drug-likeness (QED) is 0.587. The Morgan fingerprint density at radius 3 is 2.56 bits per heavy atom. The largest absolute Gasteiger partial charge is 0.472 e. The highest BCUT2D eigenvalue weighted by Gasteiger charge is 2.47. The predicted octanol–water partition coefficient (Wildman–Crippen LogP) is 4.46. The van der Waals surface area contributed by atoms with Gasteiger partial charge in [0.15, 0.2) is 5.02 Å². The van der Waals surface area contributed by atoms with E-state index in [1.165, 1.54) is 12.4 Å². The summed E-state index contributed by atoms with van der Waals surface area (Å²) in [6.45, 7) is 3.78. The van der Waals surface area contributed by atoms with Crippen molar-refractivity contribution in [1.82, 2.24) is 14.9 Å². The maximum Gasteiger partial charge on any atom is 0.410 e. The first-order chi connectivity index (χ1) is 16.3. The van der Waals surface area contributed by atoms with Crippen molar-refractivity contribution in [3.63, 3.8) is 0 Å². The molecule has 2 atom stereocenters. The van der Waals surface area contributed by atoms with Gasteiger partial charge in [0.1, 0.15) is 23.8 Å². The van der Waals surface area contributed by atoms with E-state index in [-0.39, 0.29) is 51.4 Å². The molecule has 2 aromatic rings. The second kappa shape index (κ2) is 9.10. The van der Waals surface area contributed by atoms with Crippen LogP contribution >= 0.6 is 23.2 Å². The summed E-state index contributed by atoms with van der Waals surface area (Å²) >= 11 is 12.7. The van der Waals surface area contributed by atoms with Gasteiger partial charge in [-0.25, -0.2) is 9.78 Å². The fourth-order valence-electron chi connectivity index (χ4n) is 4.17. The first-order valence-corrected chi connectivity index (χ1v) is 11.7. The molecule has 2 unspecified atom stereocenters. The van der Waals surface area contributed by atoms with Crippen LogP contribution in [0.15, 0.2) is 24.5 Å². The molecule has 1 amide bonds. The van der Waals surface area contributed by atoms with Gasteiger partial charge >= 0.3 is 6.09 Å². The summed E-state index contributed by atoms with van der Waals surface area (Å²) in [7, 11) is 0. The average Bonchev–Trinajstić information content (AvgIpc) is 3.53. The lowest BCUT2D eigenvalue weighted by Gasteiger charge is -2.46. The molecule has 3 aliphatic rings. The number of amides is 1. The van der Waals surface area contributed by atoms with Crippen molar-refractivity contribution in [2.45, 2.75) is 31.5 Å². The minimum Gasteiger partial charge on any atom is -0.472 e. The van der Waals surface area contributed by atoms with Crippen LogP contribution in [-0.2, 0) is 9.47 Å². The van der Waals surface area contributed by atoms with Crippen LogP contribution in [0.25, 0.3) is 0 Å². The van der Waals surface area contributed by atoms with Gasteiger partial charge in [-0.1, -0.05) is 23.2 Å². The highest BCUT2D eigenvalue weighted by atomic mass is 35.5. The fraction of sp³-hybridized carbons (Fsp3) is 0.478. The van der Waals surface area contributed by atoms with E-state index in [0.717, 1.165) is 12.8 Å². The minimum absolute atomic E-state index is 0.0598. The van der Waals surface area contributed by atoms with Gasteiger partial charge in [0.05, 0.1) is 29.9 Å². The van der Waals surface area contributed by atoms with Gasteiger partial charge < -0.3 is 23.8 Å². The first kappa shape index (κ1) is 23.0. The number of ether oxygens (including phenoxy) is 4. The molecule has 3 fully saturated rings. The maximum absolute atomic E-state index is 12.6. The minimum atomic E-state index is -0.321. The van der Waals surface area contributed by atoms with Crippen LogP contribution < -0.4 is 9.47 Å². The summed E-state index contributed by atoms with van der Waals surface area (Å²) < 4.78 is 23.4. The molecule has 0 N–H and O–H groups in total. The van der Waals surface area contributed by atoms with Crippen molar-refractivity contribution in [1.29, 1.82) is 5.26 Å². The Bertz CT molecular complexity index is 1140. The molecular weight excluding hydrogens is 483 g/mol. The van der Waals surface area contributed by atoms with E-state index in [0.29, 0.717) is 37.6 Å². The van der Waals surface area contributed by atoms with E-state index < -0.39 is 0 Å². The highest BCUT2D eigenvalue weighted by molar-refractivity contribution is 6.33. The zero-order chi connectivity index (χ0) is 23.9. The van der Waals surface area contributed by atoms with Gasteiger partial charge in [-0.15, -0.1) is 0 Å². The van der Waals surface area contributed by atoms with E-state index >= 15 is 0 Å². The van der Waals surface area contributed by atoms with Crippen LogP contribution in [0, 0.1) is 23.2 Å². The van der Waals surface area contributed by atoms with Crippen LogP contribution in [0.1, 0.15) is 25.3 Å². The number of nitrogens with zero attached hydrogens (tertiary/aromatic N) is 4. The smallest absolute Gasteiger partial charge is 0.410 e. The summed E-state index contributed by atoms with van der Waals surface area (Å²) in [5.74, 6) is 0.442. The Morgan fingerprint density at radius 1 is 1.21 bits per heavy atom. The Morgan fingerprint density at radius 2 is 1.91 bits per heavy atom. The molecule has 11 heteroatoms. The van der Waals surface area contributed by atoms with E-state index in [1.807, 2.05) is 13.0 Å². The molecule has 0 spiro atoms. The molecule has 2 bridgehead atoms. The van der Waals surface area contributed by atoms with Crippen molar-refractivity contribution >= 4 is 29.3 Å². The number of halogens is 2. The number of carbonyl (C=O) groups excluding carboxylic acids is 1. The third-order valence-electron chi connectivity index (χ3n) is 6.29. The lowest BCUT2D eigenvalue weighted by atomic mass is 9.84. The number of likely N-dealkylation sites (tertiary alicyclic amines) is 1. The van der Waals surface area contributed by atoms with E-state index in [9.17, 15) is 4.79 Å². The molecule has 1 aliphatic carbocycles. The lowest BCUT2D eigenvalue weighted by Crippen LogP contribution is -2.59. The monoisotopic (exact) mass is 504 g/mol. The van der Waals surface area contributed by atoms with Crippen molar-refractivity contribution in [2.75, 3.05) is 26.3 Å². The molecule has 9 nitrogen and oxygen atoms in total. The Kier molecular flexibility index (Phi) is 6.15. The second-order valence-corrected chi connectivity index (χ2v) is 9.81. The van der Waals surface area contributed by atoms with Gasteiger partial charge in [0, 0.05) is 24.9 Å². The summed E-state index contributed by atoms with van der Waals surface area (Å²) in [6.07, 6.45) is 2.57. The average molecular weight is 505 g/mol. The van der Waals surface area contributed by atoms with E-state index in [2.05, 4.69) is 9.97 Å². The SMILES string of the molecule is CC1(OC(=O)N2CC3COCC(C2)C3Oc2ncnc(Oc3ccc(C#N)cc3Cl)c2Cl)CC1. The number of benzene rings is 1. The molecular formula is C23H22Cl2N4O5. The van der Waals surface area contributed by atoms with Crippen LogP contribution in [0.3, 0.4) is 0 Å². The number of rotatable bonds is 5. The standard InChI is InChI=1S/C23H22Cl2N4O5/c1-23(4-5-23)34-22(30)29-8-14-10-31-11-15(9-29)19(14)33-21-18(25)20(27-12-28-21)32-17-3-2-13(7-26)6-16(17)24/h2-3,6,12,14-15,19H,4-5,8-11H2,1H3. The maximum atomic E-state index is 12.6. The van der Waals surface area contributed by atoms with Crippen LogP contribution in [0.4, 0.5) is 4.79 Å². The van der Waals surface area contributed by atoms with Crippen molar-refractivity contribution in [3.05, 3.63) is 40.1 Å². The normalized spacial score (nSPS) is 24.6. The first-order valence-electron chi connectivity index (χ1n) is 11.0. The Balaban J connectivity index is 1.30. The zero-order valence-corrected chi connectivity index (χ0v) is 19.9. The van der Waals surface area contributed by atoms with Crippen LogP contribution in [0.5, 0.6) is 17.5 Å². The van der Waals surface area contributed by atoms with E-state index in [1.54, 1.807) is 17.0 Å². The molecule has 1 saturated carbocycles. The molecule has 5 rings (SSSR count). The number of hydrogen-bond acceptors (Lipinski definition) is 8. The Hall–Kier alpha value is -2.80. The zero-order valence-electron chi connectivity index (χ0n) is 18.4. The van der Waals surface area contributed by atoms with Crippen LogP contribution in [-0.4, -0.2) is 59.0 Å². The summed E-state index contributed by atoms with van der Waals surface area (Å²) in [5.41, 5.74) is 0.0871. The predicted molar refractivity (Wildman–Crippen MR) is 121 cm³/mol. The third-order valence-corrected chi connectivity index (χ3v) is 6.91. The molecule has 1 aromatic carbocycles. The number of fused-ring (bicyclic) bond motifs is 2. The molecule has 3 heterocycles. The number of piperidine rings is 1. The van der Waals surface area contributed by atoms with Gasteiger partial charge in [-0.2, -0.15) is 10.2 Å². The second-order valence-electron chi connectivity index (χ2n) is 9.02. The number of aromatic nitrogens is 2. The van der Waals surface area contributed by atoms with Crippen molar-refractivity contribution in [3.8, 4) is 23.6 Å². The van der Waals surface area contributed by atoms with Gasteiger partial charge in [0.2, 0.25) is 11.8 Å². The highest BCUT2D eigenvalue weighted by Crippen LogP contribution is 2.41. The molecule has 2 aliphatic heterocycles. The summed E-state index contributed by atoms with van der Waals surface area (Å²) in [5, 5.41) is 9.36. The molecule has 178 valence electrons. The molecule has 2 saturated heterocycles. The Labute approximate surface area is 206 Å². The van der Waals surface area contributed by atoms with Gasteiger partial charge in [-0.05, 0) is 38.0 Å². The van der Waals surface area contributed by atoms with Crippen molar-refractivity contribution < 1.29 is 23.7 Å². The van der Waals surface area contributed by atoms with Gasteiger partial charge in [0.25, 0.3) is 0 Å².